The maximum absolute atomic E-state index is 9.11. The minimum atomic E-state index is -2.53. The monoisotopic (exact) mass is 342 g/mol. The summed E-state index contributed by atoms with van der Waals surface area (Å²) in [7, 11) is -4.66. The molecule has 0 amide bonds. The zero-order chi connectivity index (χ0) is 15.9. The summed E-state index contributed by atoms with van der Waals surface area (Å²) < 4.78 is 9.27. The molecule has 0 saturated carbocycles. The lowest BCUT2D eigenvalue weighted by Gasteiger charge is -2.10. The molecule has 0 aromatic carbocycles. The van der Waals surface area contributed by atoms with Gasteiger partial charge in [0, 0.05) is 0 Å². The summed E-state index contributed by atoms with van der Waals surface area (Å²) in [5, 5.41) is 0. The molecule has 0 aliphatic carbocycles. The standard InChI is InChI=1S/C14H32O5P2/c1-14(2)12-10-8-6-4-3-5-7-9-11-13-18-21(17)19-20(15)16/h14-17H,3-13H2,1-2H3. The van der Waals surface area contributed by atoms with Gasteiger partial charge in [-0.1, -0.05) is 71.6 Å². The normalized spacial score (nSPS) is 13.3. The van der Waals surface area contributed by atoms with Crippen molar-refractivity contribution in [2.75, 3.05) is 6.61 Å². The molecule has 0 spiro atoms. The molecule has 5 nitrogen and oxygen atoms in total. The van der Waals surface area contributed by atoms with E-state index in [-0.39, 0.29) is 0 Å². The maximum atomic E-state index is 9.11. The van der Waals surface area contributed by atoms with E-state index in [4.69, 9.17) is 19.2 Å². The van der Waals surface area contributed by atoms with Gasteiger partial charge in [0.25, 0.3) is 0 Å². The fourth-order valence-corrected chi connectivity index (χ4v) is 3.09. The van der Waals surface area contributed by atoms with E-state index < -0.39 is 17.2 Å². The van der Waals surface area contributed by atoms with Crippen molar-refractivity contribution >= 4 is 17.2 Å². The van der Waals surface area contributed by atoms with Gasteiger partial charge < -0.3 is 19.2 Å². The molecule has 7 heteroatoms. The van der Waals surface area contributed by atoms with Crippen LogP contribution in [0.5, 0.6) is 0 Å². The molecular weight excluding hydrogens is 310 g/mol. The topological polar surface area (TPSA) is 79.2 Å². The van der Waals surface area contributed by atoms with Gasteiger partial charge in [0.15, 0.2) is 0 Å². The van der Waals surface area contributed by atoms with E-state index in [2.05, 4.69) is 18.2 Å². The van der Waals surface area contributed by atoms with E-state index in [1.165, 1.54) is 51.4 Å². The molecule has 0 aromatic heterocycles. The molecule has 0 radical (unpaired) electrons. The van der Waals surface area contributed by atoms with Gasteiger partial charge in [0.1, 0.15) is 0 Å². The summed E-state index contributed by atoms with van der Waals surface area (Å²) >= 11 is 0. The van der Waals surface area contributed by atoms with E-state index >= 15 is 0 Å². The second kappa shape index (κ2) is 15.6. The molecule has 1 unspecified atom stereocenters. The Morgan fingerprint density at radius 1 is 0.762 bits per heavy atom. The van der Waals surface area contributed by atoms with E-state index in [1.807, 2.05) is 0 Å². The van der Waals surface area contributed by atoms with E-state index in [0.29, 0.717) is 6.61 Å². The average Bonchev–Trinajstić information content (AvgIpc) is 2.38. The summed E-state index contributed by atoms with van der Waals surface area (Å²) in [5.41, 5.74) is 0. The second-order valence-corrected chi connectivity index (χ2v) is 7.66. The third-order valence-electron chi connectivity index (χ3n) is 3.27. The van der Waals surface area contributed by atoms with Gasteiger partial charge in [-0.3, -0.25) is 0 Å². The highest BCUT2D eigenvalue weighted by atomic mass is 31.2. The predicted octanol–water partition coefficient (Wildman–Crippen LogP) is 5.01. The van der Waals surface area contributed by atoms with Crippen LogP contribution < -0.4 is 0 Å². The summed E-state index contributed by atoms with van der Waals surface area (Å²) in [6.45, 7) is 4.96. The van der Waals surface area contributed by atoms with Gasteiger partial charge in [0.2, 0.25) is 0 Å². The molecule has 0 fully saturated rings. The smallest absolute Gasteiger partial charge is 0.328 e. The molecule has 128 valence electrons. The van der Waals surface area contributed by atoms with E-state index in [0.717, 1.165) is 18.8 Å². The van der Waals surface area contributed by atoms with Crippen molar-refractivity contribution in [3.63, 3.8) is 0 Å². The minimum absolute atomic E-state index is 0.403. The van der Waals surface area contributed by atoms with Crippen LogP contribution in [0.4, 0.5) is 0 Å². The van der Waals surface area contributed by atoms with Gasteiger partial charge in [-0.25, -0.2) is 4.31 Å². The number of hydrogen-bond donors (Lipinski definition) is 3. The Bertz CT molecular complexity index is 218. The molecule has 0 saturated heterocycles. The summed E-state index contributed by atoms with van der Waals surface area (Å²) in [4.78, 5) is 26.1. The van der Waals surface area contributed by atoms with Crippen LogP contribution in [0.25, 0.3) is 0 Å². The Balaban J connectivity index is 3.09. The van der Waals surface area contributed by atoms with Crippen LogP contribution in [-0.2, 0) is 8.83 Å². The highest BCUT2D eigenvalue weighted by Gasteiger charge is 2.12. The fraction of sp³-hybridized carbons (Fsp3) is 1.00. The summed E-state index contributed by atoms with van der Waals surface area (Å²) in [5.74, 6) is 0.833. The van der Waals surface area contributed by atoms with Crippen molar-refractivity contribution < 1.29 is 23.5 Å². The molecule has 1 atom stereocenters. The van der Waals surface area contributed by atoms with Gasteiger partial charge in [-0.15, -0.1) is 0 Å². The first kappa shape index (κ1) is 21.7. The minimum Gasteiger partial charge on any atom is -0.328 e. The summed E-state index contributed by atoms with van der Waals surface area (Å²) in [6, 6.07) is 0. The lowest BCUT2D eigenvalue weighted by Crippen LogP contribution is -1.91. The lowest BCUT2D eigenvalue weighted by molar-refractivity contribution is 0.242. The molecule has 0 rings (SSSR count). The largest absolute Gasteiger partial charge is 0.337 e. The predicted molar refractivity (Wildman–Crippen MR) is 88.5 cm³/mol. The van der Waals surface area contributed by atoms with Crippen LogP contribution in [0.15, 0.2) is 0 Å². The first-order chi connectivity index (χ1) is 10.0. The Hall–Kier alpha value is 0.660. The molecular formula is C14H32O5P2. The van der Waals surface area contributed by atoms with E-state index in [9.17, 15) is 0 Å². The first-order valence-electron chi connectivity index (χ1n) is 8.00. The quantitative estimate of drug-likeness (QED) is 0.288. The fourth-order valence-electron chi connectivity index (χ4n) is 2.12. The molecule has 0 aromatic rings. The number of unbranched alkanes of at least 4 members (excludes halogenated alkanes) is 8. The van der Waals surface area contributed by atoms with E-state index in [1.54, 1.807) is 0 Å². The Labute approximate surface area is 132 Å². The van der Waals surface area contributed by atoms with Crippen molar-refractivity contribution in [3.8, 4) is 0 Å². The molecule has 0 aliphatic rings. The molecule has 0 heterocycles. The lowest BCUT2D eigenvalue weighted by atomic mass is 10.0. The van der Waals surface area contributed by atoms with Crippen LogP contribution in [0.2, 0.25) is 0 Å². The zero-order valence-electron chi connectivity index (χ0n) is 13.4. The number of hydrogen-bond acceptors (Lipinski definition) is 5. The van der Waals surface area contributed by atoms with Gasteiger partial charge in [-0.05, 0) is 12.3 Å². The van der Waals surface area contributed by atoms with Crippen LogP contribution in [0, 0.1) is 5.92 Å². The molecule has 21 heavy (non-hydrogen) atoms. The van der Waals surface area contributed by atoms with Crippen LogP contribution in [-0.4, -0.2) is 21.3 Å². The Kier molecular flexibility index (Phi) is 16.0. The van der Waals surface area contributed by atoms with Gasteiger partial charge >= 0.3 is 17.2 Å². The Morgan fingerprint density at radius 2 is 1.24 bits per heavy atom. The maximum Gasteiger partial charge on any atom is 0.337 e. The van der Waals surface area contributed by atoms with Crippen LogP contribution >= 0.6 is 17.2 Å². The van der Waals surface area contributed by atoms with Crippen molar-refractivity contribution in [1.29, 1.82) is 0 Å². The second-order valence-electron chi connectivity index (χ2n) is 5.77. The Morgan fingerprint density at radius 3 is 1.71 bits per heavy atom. The third-order valence-corrected chi connectivity index (χ3v) is 4.82. The molecule has 0 aliphatic heterocycles. The SMILES string of the molecule is CC(C)CCCCCCCCCCCOP(O)OP(O)O. The number of rotatable bonds is 15. The van der Waals surface area contributed by atoms with Crippen LogP contribution in [0.3, 0.4) is 0 Å². The average molecular weight is 342 g/mol. The van der Waals surface area contributed by atoms with Crippen molar-refractivity contribution in [1.82, 2.24) is 0 Å². The van der Waals surface area contributed by atoms with Gasteiger partial charge in [0.05, 0.1) is 6.61 Å². The third kappa shape index (κ3) is 18.6. The van der Waals surface area contributed by atoms with Gasteiger partial charge in [-0.2, -0.15) is 0 Å². The van der Waals surface area contributed by atoms with Crippen molar-refractivity contribution in [3.05, 3.63) is 0 Å². The summed E-state index contributed by atoms with van der Waals surface area (Å²) in [6.07, 6.45) is 12.5. The zero-order valence-corrected chi connectivity index (χ0v) is 15.2. The van der Waals surface area contributed by atoms with Crippen molar-refractivity contribution in [2.24, 2.45) is 5.92 Å². The molecule has 0 bridgehead atoms. The highest BCUT2D eigenvalue weighted by Crippen LogP contribution is 2.46. The van der Waals surface area contributed by atoms with Crippen molar-refractivity contribution in [2.45, 2.75) is 78.1 Å². The first-order valence-corrected chi connectivity index (χ1v) is 10.3. The van der Waals surface area contributed by atoms with Crippen LogP contribution in [0.1, 0.15) is 78.1 Å². The highest BCUT2D eigenvalue weighted by molar-refractivity contribution is 7.54. The molecule has 3 N–H and O–H groups in total.